The Kier molecular flexibility index (Phi) is 18.8. The molecule has 0 saturated heterocycles. The van der Waals surface area contributed by atoms with Gasteiger partial charge in [-0.1, -0.05) is 49.6 Å². The van der Waals surface area contributed by atoms with Crippen LogP contribution in [0.25, 0.3) is 0 Å². The predicted molar refractivity (Wildman–Crippen MR) is 178 cm³/mol. The summed E-state index contributed by atoms with van der Waals surface area (Å²) in [4.78, 5) is 72.6. The third kappa shape index (κ3) is 18.9. The molecule has 2 rings (SSSR count). The topological polar surface area (TPSA) is 200 Å². The fraction of sp³-hybridized carbons (Fsp3) is 0.371. The average Bonchev–Trinajstić information content (AvgIpc) is 3.11. The van der Waals surface area contributed by atoms with Crippen LogP contribution in [0.3, 0.4) is 0 Å². The number of hydrogen-bond donors (Lipinski definition) is 2. The highest BCUT2D eigenvalue weighted by atomic mass is 16.6. The van der Waals surface area contributed by atoms with Gasteiger partial charge in [0.2, 0.25) is 0 Å². The fourth-order valence-electron chi connectivity index (χ4n) is 3.46. The Morgan fingerprint density at radius 3 is 1.29 bits per heavy atom. The van der Waals surface area contributed by atoms with Crippen LogP contribution in [0.5, 0.6) is 11.5 Å². The molecule has 0 aliphatic carbocycles. The summed E-state index contributed by atoms with van der Waals surface area (Å²) < 4.78 is 41.9. The number of ether oxygens (including phenoxy) is 8. The number of nitrogens with one attached hydrogen (secondary N) is 2. The van der Waals surface area contributed by atoms with Gasteiger partial charge in [-0.3, -0.25) is 9.59 Å². The third-order valence-corrected chi connectivity index (χ3v) is 5.96. The molecule has 0 fully saturated rings. The maximum absolute atomic E-state index is 12.5. The number of benzene rings is 2. The molecule has 2 unspecified atom stereocenters. The van der Waals surface area contributed by atoms with Gasteiger partial charge in [0, 0.05) is 11.1 Å². The summed E-state index contributed by atoms with van der Waals surface area (Å²) in [5.41, 5.74) is 0.401. The van der Waals surface area contributed by atoms with Crippen molar-refractivity contribution < 1.29 is 66.7 Å². The molecule has 0 saturated carbocycles. The van der Waals surface area contributed by atoms with Crippen molar-refractivity contribution in [1.29, 1.82) is 0 Å². The van der Waals surface area contributed by atoms with Gasteiger partial charge in [0.1, 0.15) is 57.6 Å². The van der Waals surface area contributed by atoms with Gasteiger partial charge in [-0.2, -0.15) is 0 Å². The first-order valence-electron chi connectivity index (χ1n) is 15.6. The van der Waals surface area contributed by atoms with Crippen molar-refractivity contribution in [2.24, 2.45) is 0 Å². The second kappa shape index (κ2) is 23.3. The van der Waals surface area contributed by atoms with E-state index >= 15 is 0 Å². The van der Waals surface area contributed by atoms with E-state index in [2.05, 4.69) is 23.8 Å². The number of hydrogen-bond acceptors (Lipinski definition) is 14. The van der Waals surface area contributed by atoms with Crippen LogP contribution in [0.2, 0.25) is 0 Å². The summed E-state index contributed by atoms with van der Waals surface area (Å²) in [6.45, 7) is 8.11. The van der Waals surface area contributed by atoms with Crippen LogP contribution in [-0.2, 0) is 47.6 Å². The lowest BCUT2D eigenvalue weighted by Crippen LogP contribution is -2.37. The Labute approximate surface area is 294 Å². The number of para-hydroxylation sites is 2. The molecule has 2 amide bonds. The lowest BCUT2D eigenvalue weighted by Gasteiger charge is -2.20. The third-order valence-electron chi connectivity index (χ3n) is 5.96. The van der Waals surface area contributed by atoms with Crippen molar-refractivity contribution in [1.82, 2.24) is 10.6 Å². The number of carbonyl (C=O) groups is 6. The predicted octanol–water partition coefficient (Wildman–Crippen LogP) is 3.05. The van der Waals surface area contributed by atoms with E-state index < -0.39 is 67.9 Å². The second-order valence-electron chi connectivity index (χ2n) is 10.5. The van der Waals surface area contributed by atoms with Crippen molar-refractivity contribution in [3.63, 3.8) is 0 Å². The van der Waals surface area contributed by atoms with E-state index in [1.807, 2.05) is 0 Å². The maximum Gasteiger partial charge on any atom is 0.407 e. The lowest BCUT2D eigenvalue weighted by molar-refractivity contribution is -0.158. The van der Waals surface area contributed by atoms with Gasteiger partial charge in [0.05, 0.1) is 13.1 Å². The highest BCUT2D eigenvalue weighted by Crippen LogP contribution is 2.11. The summed E-state index contributed by atoms with van der Waals surface area (Å²) in [6, 6.07) is 17.2. The summed E-state index contributed by atoms with van der Waals surface area (Å²) in [5.74, 6) is -2.31. The number of alkyl carbamates (subject to hydrolysis) is 2. The SMILES string of the molecule is C=C(C)C(=O)OCCNC(=O)OC(COC(=O)CC(=O)OCC(COc1ccccc1)OC(=O)NCCOC(=O)C(=C)C)COc1ccccc1. The molecule has 0 heterocycles. The molecule has 16 nitrogen and oxygen atoms in total. The Bertz CT molecular complexity index is 1360. The molecule has 0 radical (unpaired) electrons. The number of esters is 4. The summed E-state index contributed by atoms with van der Waals surface area (Å²) in [6.07, 6.45) is -4.82. The molecule has 2 N–H and O–H groups in total. The average molecular weight is 715 g/mol. The smallest absolute Gasteiger partial charge is 0.407 e. The number of carbonyl (C=O) groups excluding carboxylic acids is 6. The largest absolute Gasteiger partial charge is 0.490 e. The number of amides is 2. The molecule has 276 valence electrons. The molecule has 2 atom stereocenters. The first-order chi connectivity index (χ1) is 24.4. The first-order valence-corrected chi connectivity index (χ1v) is 15.6. The second-order valence-corrected chi connectivity index (χ2v) is 10.5. The first kappa shape index (κ1) is 41.1. The van der Waals surface area contributed by atoms with Crippen molar-refractivity contribution in [3.8, 4) is 11.5 Å². The van der Waals surface area contributed by atoms with Crippen LogP contribution in [0.4, 0.5) is 9.59 Å². The van der Waals surface area contributed by atoms with Gasteiger partial charge in [-0.05, 0) is 38.1 Å². The molecule has 0 bridgehead atoms. The zero-order valence-corrected chi connectivity index (χ0v) is 28.4. The van der Waals surface area contributed by atoms with Crippen LogP contribution >= 0.6 is 0 Å². The van der Waals surface area contributed by atoms with Crippen LogP contribution in [0.1, 0.15) is 20.3 Å². The van der Waals surface area contributed by atoms with E-state index in [-0.39, 0.29) is 50.7 Å². The van der Waals surface area contributed by atoms with Crippen LogP contribution < -0.4 is 20.1 Å². The van der Waals surface area contributed by atoms with Gasteiger partial charge in [0.25, 0.3) is 0 Å². The summed E-state index contributed by atoms with van der Waals surface area (Å²) >= 11 is 0. The molecule has 16 heteroatoms. The maximum atomic E-state index is 12.5. The van der Waals surface area contributed by atoms with E-state index in [0.29, 0.717) is 11.5 Å². The normalized spacial score (nSPS) is 11.3. The monoisotopic (exact) mass is 714 g/mol. The van der Waals surface area contributed by atoms with Crippen LogP contribution in [0.15, 0.2) is 85.0 Å². The molecule has 2 aromatic rings. The molecule has 0 aromatic heterocycles. The quantitative estimate of drug-likeness (QED) is 0.0593. The molecule has 0 aliphatic heterocycles. The van der Waals surface area contributed by atoms with Crippen LogP contribution in [-0.4, -0.2) is 101 Å². The van der Waals surface area contributed by atoms with Crippen LogP contribution in [0, 0.1) is 0 Å². The highest BCUT2D eigenvalue weighted by molar-refractivity contribution is 5.91. The summed E-state index contributed by atoms with van der Waals surface area (Å²) in [7, 11) is 0. The summed E-state index contributed by atoms with van der Waals surface area (Å²) in [5, 5.41) is 4.80. The Morgan fingerprint density at radius 1 is 0.569 bits per heavy atom. The van der Waals surface area contributed by atoms with E-state index in [1.165, 1.54) is 13.8 Å². The van der Waals surface area contributed by atoms with Crippen molar-refractivity contribution >= 4 is 36.1 Å². The molecule has 51 heavy (non-hydrogen) atoms. The van der Waals surface area contributed by atoms with Gasteiger partial charge in [0.15, 0.2) is 12.2 Å². The Morgan fingerprint density at radius 2 is 0.941 bits per heavy atom. The van der Waals surface area contributed by atoms with E-state index in [9.17, 15) is 28.8 Å². The van der Waals surface area contributed by atoms with Crippen molar-refractivity contribution in [2.45, 2.75) is 32.5 Å². The molecule has 2 aromatic carbocycles. The van der Waals surface area contributed by atoms with E-state index in [1.54, 1.807) is 60.7 Å². The standard InChI is InChI=1S/C35H42N2O14/c1-24(2)32(40)44-17-15-36-34(42)50-28(20-46-26-11-7-5-8-12-26)22-48-30(38)19-31(39)49-23-29(21-47-27-13-9-6-10-14-27)51-35(43)37-16-18-45-33(41)25(3)4/h5-14,28-29H,1,3,15-23H2,2,4H3,(H,36,42)(H,37,43). The lowest BCUT2D eigenvalue weighted by atomic mass is 10.3. The minimum Gasteiger partial charge on any atom is -0.490 e. The van der Waals surface area contributed by atoms with E-state index in [4.69, 9.17) is 37.9 Å². The zero-order chi connectivity index (χ0) is 37.4. The van der Waals surface area contributed by atoms with Gasteiger partial charge < -0.3 is 48.5 Å². The minimum atomic E-state index is -1.10. The molecule has 0 spiro atoms. The molecule has 0 aliphatic rings. The zero-order valence-electron chi connectivity index (χ0n) is 28.4. The van der Waals surface area contributed by atoms with Gasteiger partial charge in [-0.15, -0.1) is 0 Å². The fourth-order valence-corrected chi connectivity index (χ4v) is 3.46. The Balaban J connectivity index is 1.87. The van der Waals surface area contributed by atoms with E-state index in [0.717, 1.165) is 0 Å². The minimum absolute atomic E-state index is 0.0661. The van der Waals surface area contributed by atoms with Crippen molar-refractivity contribution in [2.75, 3.05) is 52.7 Å². The van der Waals surface area contributed by atoms with Gasteiger partial charge >= 0.3 is 36.1 Å². The Hall–Kier alpha value is -6.06. The van der Waals surface area contributed by atoms with Gasteiger partial charge in [-0.25, -0.2) is 19.2 Å². The van der Waals surface area contributed by atoms with Crippen molar-refractivity contribution in [3.05, 3.63) is 85.0 Å². The molecular weight excluding hydrogens is 672 g/mol. The number of rotatable bonds is 22. The molecular formula is C35H42N2O14. The highest BCUT2D eigenvalue weighted by Gasteiger charge is 2.22.